The van der Waals surface area contributed by atoms with Gasteiger partial charge in [0, 0.05) is 36.3 Å². The second kappa shape index (κ2) is 7.53. The number of likely N-dealkylation sites (tertiary alicyclic amines) is 1. The quantitative estimate of drug-likeness (QED) is 0.587. The van der Waals surface area contributed by atoms with Gasteiger partial charge in [0.1, 0.15) is 11.5 Å². The molecule has 2 aromatic carbocycles. The second-order valence-corrected chi connectivity index (χ2v) is 6.16. The number of rotatable bonds is 6. The van der Waals surface area contributed by atoms with Crippen molar-refractivity contribution in [3.05, 3.63) is 63.7 Å². The van der Waals surface area contributed by atoms with E-state index >= 15 is 0 Å². The van der Waals surface area contributed by atoms with E-state index < -0.39 is 0 Å². The maximum absolute atomic E-state index is 10.8. The van der Waals surface area contributed by atoms with E-state index in [9.17, 15) is 10.1 Å². The second-order valence-electron chi connectivity index (χ2n) is 6.16. The molecule has 6 nitrogen and oxygen atoms in total. The molecule has 1 heterocycles. The highest BCUT2D eigenvalue weighted by atomic mass is 16.6. The van der Waals surface area contributed by atoms with Crippen molar-refractivity contribution in [2.75, 3.05) is 20.8 Å². The van der Waals surface area contributed by atoms with Gasteiger partial charge in [-0.1, -0.05) is 18.2 Å². The molecule has 0 spiro atoms. The molecule has 6 heteroatoms. The fourth-order valence-electron chi connectivity index (χ4n) is 3.42. The molecule has 0 amide bonds. The highest BCUT2D eigenvalue weighted by Crippen LogP contribution is 2.39. The van der Waals surface area contributed by atoms with Gasteiger partial charge in [0.05, 0.1) is 19.1 Å². The van der Waals surface area contributed by atoms with Gasteiger partial charge in [0.15, 0.2) is 0 Å². The topological polar surface area (TPSA) is 64.8 Å². The number of nitro groups is 1. The van der Waals surface area contributed by atoms with Crippen LogP contribution >= 0.6 is 0 Å². The van der Waals surface area contributed by atoms with E-state index in [1.54, 1.807) is 26.4 Å². The van der Waals surface area contributed by atoms with Crippen LogP contribution in [0, 0.1) is 10.1 Å². The van der Waals surface area contributed by atoms with E-state index in [1.807, 2.05) is 24.3 Å². The molecule has 1 aliphatic heterocycles. The molecule has 1 saturated heterocycles. The van der Waals surface area contributed by atoms with Crippen LogP contribution in [0.2, 0.25) is 0 Å². The van der Waals surface area contributed by atoms with Crippen LogP contribution in [0.3, 0.4) is 0 Å². The molecular weight excluding hydrogens is 320 g/mol. The Labute approximate surface area is 147 Å². The zero-order valence-corrected chi connectivity index (χ0v) is 14.5. The Morgan fingerprint density at radius 1 is 1.16 bits per heavy atom. The van der Waals surface area contributed by atoms with Crippen molar-refractivity contribution in [2.45, 2.75) is 25.4 Å². The Balaban J connectivity index is 1.79. The lowest BCUT2D eigenvalue weighted by Crippen LogP contribution is -2.23. The van der Waals surface area contributed by atoms with Crippen molar-refractivity contribution in [1.29, 1.82) is 0 Å². The Bertz CT molecular complexity index is 746. The molecule has 0 unspecified atom stereocenters. The molecule has 0 saturated carbocycles. The first kappa shape index (κ1) is 17.2. The molecule has 0 bridgehead atoms. The van der Waals surface area contributed by atoms with Crippen molar-refractivity contribution in [3.8, 4) is 11.5 Å². The summed E-state index contributed by atoms with van der Waals surface area (Å²) in [5.41, 5.74) is 2.35. The predicted molar refractivity (Wildman–Crippen MR) is 95.0 cm³/mol. The molecule has 132 valence electrons. The minimum atomic E-state index is -0.370. The highest BCUT2D eigenvalue weighted by molar-refractivity contribution is 5.43. The van der Waals surface area contributed by atoms with Crippen LogP contribution in [-0.4, -0.2) is 30.6 Å². The van der Waals surface area contributed by atoms with E-state index in [1.165, 1.54) is 0 Å². The lowest BCUT2D eigenvalue weighted by Gasteiger charge is -2.26. The van der Waals surface area contributed by atoms with Gasteiger partial charge < -0.3 is 9.47 Å². The normalized spacial score (nSPS) is 17.4. The summed E-state index contributed by atoms with van der Waals surface area (Å²) in [4.78, 5) is 12.8. The molecule has 0 N–H and O–H groups in total. The third kappa shape index (κ3) is 3.74. The van der Waals surface area contributed by atoms with Crippen LogP contribution < -0.4 is 9.47 Å². The van der Waals surface area contributed by atoms with Gasteiger partial charge in [0.25, 0.3) is 5.69 Å². The average molecular weight is 342 g/mol. The standard InChI is InChI=1S/C19H22N2O4/c1-24-16-9-10-17(19(12-16)25-2)18-4-3-11-20(18)13-14-5-7-15(8-6-14)21(22)23/h5-10,12,18H,3-4,11,13H2,1-2H3/t18-/m0/s1. The molecule has 0 radical (unpaired) electrons. The van der Waals surface area contributed by atoms with Gasteiger partial charge in [-0.3, -0.25) is 15.0 Å². The van der Waals surface area contributed by atoms with Gasteiger partial charge in [-0.2, -0.15) is 0 Å². The number of non-ortho nitro benzene ring substituents is 1. The summed E-state index contributed by atoms with van der Waals surface area (Å²) in [7, 11) is 3.32. The molecular formula is C19H22N2O4. The molecule has 0 aliphatic carbocycles. The highest BCUT2D eigenvalue weighted by Gasteiger charge is 2.28. The van der Waals surface area contributed by atoms with Crippen molar-refractivity contribution in [3.63, 3.8) is 0 Å². The van der Waals surface area contributed by atoms with Gasteiger partial charge >= 0.3 is 0 Å². The number of methoxy groups -OCH3 is 2. The fraction of sp³-hybridized carbons (Fsp3) is 0.368. The SMILES string of the molecule is COc1ccc([C@@H]2CCCN2Cc2ccc([N+](=O)[O-])cc2)c(OC)c1. The molecule has 1 atom stereocenters. The van der Waals surface area contributed by atoms with Gasteiger partial charge in [-0.05, 0) is 31.0 Å². The first-order valence-corrected chi connectivity index (χ1v) is 8.31. The number of nitrogens with zero attached hydrogens (tertiary/aromatic N) is 2. The first-order chi connectivity index (χ1) is 12.1. The Hall–Kier alpha value is -2.60. The summed E-state index contributed by atoms with van der Waals surface area (Å²) in [6.45, 7) is 1.76. The number of hydrogen-bond acceptors (Lipinski definition) is 5. The summed E-state index contributed by atoms with van der Waals surface area (Å²) < 4.78 is 10.8. The number of ether oxygens (including phenoxy) is 2. The molecule has 3 rings (SSSR count). The van der Waals surface area contributed by atoms with Crippen LogP contribution in [-0.2, 0) is 6.54 Å². The summed E-state index contributed by atoms with van der Waals surface area (Å²) >= 11 is 0. The van der Waals surface area contributed by atoms with Crippen LogP contribution in [0.25, 0.3) is 0 Å². The average Bonchev–Trinajstić information content (AvgIpc) is 3.09. The van der Waals surface area contributed by atoms with Crippen LogP contribution in [0.5, 0.6) is 11.5 Å². The summed E-state index contributed by atoms with van der Waals surface area (Å²) in [6, 6.07) is 13.0. The van der Waals surface area contributed by atoms with Crippen molar-refractivity contribution >= 4 is 5.69 Å². The minimum Gasteiger partial charge on any atom is -0.497 e. The Morgan fingerprint density at radius 3 is 2.56 bits per heavy atom. The largest absolute Gasteiger partial charge is 0.497 e. The van der Waals surface area contributed by atoms with E-state index in [4.69, 9.17) is 9.47 Å². The first-order valence-electron chi connectivity index (χ1n) is 8.31. The van der Waals surface area contributed by atoms with Crippen LogP contribution in [0.1, 0.15) is 30.0 Å². The monoisotopic (exact) mass is 342 g/mol. The molecule has 0 aromatic heterocycles. The van der Waals surface area contributed by atoms with Gasteiger partial charge in [-0.25, -0.2) is 0 Å². The van der Waals surface area contributed by atoms with Crippen LogP contribution in [0.15, 0.2) is 42.5 Å². The van der Waals surface area contributed by atoms with Gasteiger partial charge in [-0.15, -0.1) is 0 Å². The maximum Gasteiger partial charge on any atom is 0.269 e. The third-order valence-corrected chi connectivity index (χ3v) is 4.70. The molecule has 2 aromatic rings. The molecule has 1 fully saturated rings. The third-order valence-electron chi connectivity index (χ3n) is 4.70. The summed E-state index contributed by atoms with van der Waals surface area (Å²) in [5.74, 6) is 1.61. The summed E-state index contributed by atoms with van der Waals surface area (Å²) in [6.07, 6.45) is 2.18. The fourth-order valence-corrected chi connectivity index (χ4v) is 3.42. The summed E-state index contributed by atoms with van der Waals surface area (Å²) in [5, 5.41) is 10.8. The molecule has 25 heavy (non-hydrogen) atoms. The van der Waals surface area contributed by atoms with E-state index in [2.05, 4.69) is 11.0 Å². The van der Waals surface area contributed by atoms with Crippen molar-refractivity contribution < 1.29 is 14.4 Å². The number of benzene rings is 2. The van der Waals surface area contributed by atoms with Crippen molar-refractivity contribution in [2.24, 2.45) is 0 Å². The Kier molecular flexibility index (Phi) is 5.19. The van der Waals surface area contributed by atoms with E-state index in [0.717, 1.165) is 48.6 Å². The number of nitro benzene ring substituents is 1. The van der Waals surface area contributed by atoms with Gasteiger partial charge in [0.2, 0.25) is 0 Å². The van der Waals surface area contributed by atoms with E-state index in [0.29, 0.717) is 0 Å². The van der Waals surface area contributed by atoms with Crippen molar-refractivity contribution in [1.82, 2.24) is 4.90 Å². The Morgan fingerprint density at radius 2 is 1.92 bits per heavy atom. The number of hydrogen-bond donors (Lipinski definition) is 0. The minimum absolute atomic E-state index is 0.124. The van der Waals surface area contributed by atoms with E-state index in [-0.39, 0.29) is 16.7 Å². The zero-order chi connectivity index (χ0) is 17.8. The maximum atomic E-state index is 10.8. The lowest BCUT2D eigenvalue weighted by atomic mass is 10.0. The molecule has 1 aliphatic rings. The zero-order valence-electron chi connectivity index (χ0n) is 14.5. The smallest absolute Gasteiger partial charge is 0.269 e. The predicted octanol–water partition coefficient (Wildman–Crippen LogP) is 3.95. The van der Waals surface area contributed by atoms with Crippen LogP contribution in [0.4, 0.5) is 5.69 Å². The lowest BCUT2D eigenvalue weighted by molar-refractivity contribution is -0.384.